The summed E-state index contributed by atoms with van der Waals surface area (Å²) in [6.07, 6.45) is 0.889. The second-order valence-corrected chi connectivity index (χ2v) is 5.62. The van der Waals surface area contributed by atoms with Gasteiger partial charge in [-0.2, -0.15) is 0 Å². The zero-order valence-electron chi connectivity index (χ0n) is 13.1. The Kier molecular flexibility index (Phi) is 7.15. The molecule has 1 aromatic rings. The summed E-state index contributed by atoms with van der Waals surface area (Å²) in [5.74, 6) is 0.178. The fourth-order valence-corrected chi connectivity index (χ4v) is 2.80. The zero-order valence-corrected chi connectivity index (χ0v) is 13.9. The van der Waals surface area contributed by atoms with E-state index in [0.29, 0.717) is 0 Å². The van der Waals surface area contributed by atoms with Gasteiger partial charge in [-0.25, -0.2) is 0 Å². The third kappa shape index (κ3) is 4.43. The van der Waals surface area contributed by atoms with Gasteiger partial charge in [0.1, 0.15) is 0 Å². The van der Waals surface area contributed by atoms with E-state index >= 15 is 0 Å². The number of rotatable bonds is 4. The summed E-state index contributed by atoms with van der Waals surface area (Å²) in [6, 6.07) is 8.26. The number of hydrogen-bond acceptors (Lipinski definition) is 3. The van der Waals surface area contributed by atoms with Crippen LogP contribution in [0.1, 0.15) is 22.8 Å². The third-order valence-corrected chi connectivity index (χ3v) is 3.98. The summed E-state index contributed by atoms with van der Waals surface area (Å²) in [7, 11) is 4.05. The van der Waals surface area contributed by atoms with Gasteiger partial charge in [0, 0.05) is 31.2 Å². The van der Waals surface area contributed by atoms with Crippen LogP contribution in [0.25, 0.3) is 0 Å². The molecule has 1 aromatic carbocycles. The highest BCUT2D eigenvalue weighted by Crippen LogP contribution is 2.16. The van der Waals surface area contributed by atoms with Crippen LogP contribution in [0.5, 0.6) is 0 Å². The maximum absolute atomic E-state index is 12.8. The van der Waals surface area contributed by atoms with Crippen molar-refractivity contribution in [1.29, 1.82) is 0 Å². The van der Waals surface area contributed by atoms with Crippen molar-refractivity contribution in [2.75, 3.05) is 40.3 Å². The summed E-state index contributed by atoms with van der Waals surface area (Å²) in [5.41, 5.74) is 2.00. The van der Waals surface area contributed by atoms with Crippen molar-refractivity contribution in [2.45, 2.75) is 19.4 Å². The topological polar surface area (TPSA) is 35.6 Å². The number of hydrogen-bond donors (Lipinski definition) is 1. The molecule has 0 saturated carbocycles. The molecule has 1 unspecified atom stereocenters. The summed E-state index contributed by atoms with van der Waals surface area (Å²) in [5, 5.41) is 3.14. The molecule has 1 N–H and O–H groups in total. The van der Waals surface area contributed by atoms with E-state index in [1.165, 1.54) is 0 Å². The first kappa shape index (κ1) is 18.0. The van der Waals surface area contributed by atoms with Crippen LogP contribution in [-0.4, -0.2) is 62.0 Å². The van der Waals surface area contributed by atoms with Crippen LogP contribution in [0.15, 0.2) is 24.3 Å². The average Bonchev–Trinajstić information content (AvgIpc) is 2.45. The minimum absolute atomic E-state index is 0. The maximum Gasteiger partial charge on any atom is 0.254 e. The number of halogens is 1. The molecule has 118 valence electrons. The second-order valence-electron chi connectivity index (χ2n) is 5.62. The van der Waals surface area contributed by atoms with Crippen LogP contribution in [0.2, 0.25) is 0 Å². The average molecular weight is 312 g/mol. The highest BCUT2D eigenvalue weighted by atomic mass is 35.5. The highest BCUT2D eigenvalue weighted by Gasteiger charge is 2.27. The van der Waals surface area contributed by atoms with Gasteiger partial charge in [0.2, 0.25) is 0 Å². The minimum atomic E-state index is 0. The summed E-state index contributed by atoms with van der Waals surface area (Å²) in [4.78, 5) is 17.1. The van der Waals surface area contributed by atoms with Crippen molar-refractivity contribution in [3.8, 4) is 0 Å². The normalized spacial score (nSPS) is 19.2. The first-order valence-electron chi connectivity index (χ1n) is 7.35. The first-order valence-corrected chi connectivity index (χ1v) is 7.35. The Balaban J connectivity index is 0.00000220. The van der Waals surface area contributed by atoms with Gasteiger partial charge in [0.05, 0.1) is 0 Å². The number of benzene rings is 1. The van der Waals surface area contributed by atoms with Crippen molar-refractivity contribution < 1.29 is 4.79 Å². The highest BCUT2D eigenvalue weighted by molar-refractivity contribution is 5.96. The van der Waals surface area contributed by atoms with E-state index in [0.717, 1.165) is 43.7 Å². The molecule has 0 aromatic heterocycles. The van der Waals surface area contributed by atoms with E-state index in [1.54, 1.807) is 0 Å². The van der Waals surface area contributed by atoms with Crippen molar-refractivity contribution in [2.24, 2.45) is 0 Å². The van der Waals surface area contributed by atoms with Crippen molar-refractivity contribution in [3.05, 3.63) is 35.4 Å². The van der Waals surface area contributed by atoms with E-state index in [9.17, 15) is 4.79 Å². The summed E-state index contributed by atoms with van der Waals surface area (Å²) < 4.78 is 0. The molecule has 4 nitrogen and oxygen atoms in total. The molecule has 1 fully saturated rings. The van der Waals surface area contributed by atoms with Crippen LogP contribution in [0.3, 0.4) is 0 Å². The van der Waals surface area contributed by atoms with Crippen molar-refractivity contribution in [3.63, 3.8) is 0 Å². The third-order valence-electron chi connectivity index (χ3n) is 3.98. The van der Waals surface area contributed by atoms with Crippen LogP contribution < -0.4 is 5.32 Å². The molecule has 1 heterocycles. The Morgan fingerprint density at radius 2 is 2.05 bits per heavy atom. The van der Waals surface area contributed by atoms with E-state index < -0.39 is 0 Å². The van der Waals surface area contributed by atoms with Gasteiger partial charge in [-0.05, 0) is 45.6 Å². The van der Waals surface area contributed by atoms with Gasteiger partial charge in [0.15, 0.2) is 0 Å². The fraction of sp³-hybridized carbons (Fsp3) is 0.562. The Morgan fingerprint density at radius 3 is 2.71 bits per heavy atom. The molecule has 1 aliphatic rings. The van der Waals surface area contributed by atoms with E-state index in [1.807, 2.05) is 30.1 Å². The van der Waals surface area contributed by atoms with E-state index in [4.69, 9.17) is 0 Å². The lowest BCUT2D eigenvalue weighted by atomic mass is 10.0. The second kappa shape index (κ2) is 8.37. The fourth-order valence-electron chi connectivity index (χ4n) is 2.80. The Hall–Kier alpha value is -1.10. The summed E-state index contributed by atoms with van der Waals surface area (Å²) >= 11 is 0. The Morgan fingerprint density at radius 1 is 1.33 bits per heavy atom. The number of nitrogens with zero attached hydrogens (tertiary/aromatic N) is 2. The quantitative estimate of drug-likeness (QED) is 0.918. The van der Waals surface area contributed by atoms with Gasteiger partial charge in [-0.1, -0.05) is 18.2 Å². The van der Waals surface area contributed by atoms with E-state index in [-0.39, 0.29) is 24.4 Å². The summed E-state index contributed by atoms with van der Waals surface area (Å²) in [6.45, 7) is 5.74. The molecule has 1 aliphatic heterocycles. The molecular weight excluding hydrogens is 286 g/mol. The molecule has 0 aliphatic carbocycles. The number of carbonyl (C=O) groups excluding carboxylic acids is 1. The first-order chi connectivity index (χ1) is 9.63. The van der Waals surface area contributed by atoms with Crippen LogP contribution >= 0.6 is 12.4 Å². The van der Waals surface area contributed by atoms with Crippen molar-refractivity contribution in [1.82, 2.24) is 15.1 Å². The molecule has 0 spiro atoms. The van der Waals surface area contributed by atoms with Crippen LogP contribution in [0.4, 0.5) is 0 Å². The number of carbonyl (C=O) groups is 1. The Bertz CT molecular complexity index is 467. The number of nitrogens with one attached hydrogen (secondary N) is 1. The molecule has 5 heteroatoms. The molecular formula is C16H26ClN3O. The van der Waals surface area contributed by atoms with Gasteiger partial charge in [0.25, 0.3) is 5.91 Å². The van der Waals surface area contributed by atoms with E-state index in [2.05, 4.69) is 30.3 Å². The lowest BCUT2D eigenvalue weighted by molar-refractivity contribution is 0.0532. The van der Waals surface area contributed by atoms with Gasteiger partial charge in [-0.3, -0.25) is 4.79 Å². The lowest BCUT2D eigenvalue weighted by Gasteiger charge is -2.38. The monoisotopic (exact) mass is 311 g/mol. The lowest BCUT2D eigenvalue weighted by Crippen LogP contribution is -2.52. The Labute approximate surface area is 133 Å². The molecule has 0 radical (unpaired) electrons. The SMILES string of the molecule is CNCCc1ccccc1C(=O)N1CCN(C)CC1C.Cl. The minimum Gasteiger partial charge on any atom is -0.333 e. The van der Waals surface area contributed by atoms with Crippen LogP contribution in [-0.2, 0) is 6.42 Å². The largest absolute Gasteiger partial charge is 0.333 e. The van der Waals surface area contributed by atoms with Gasteiger partial charge in [-0.15, -0.1) is 12.4 Å². The smallest absolute Gasteiger partial charge is 0.254 e. The molecule has 1 atom stereocenters. The zero-order chi connectivity index (χ0) is 14.5. The molecule has 2 rings (SSSR count). The number of amides is 1. The van der Waals surface area contributed by atoms with Crippen LogP contribution in [0, 0.1) is 0 Å². The van der Waals surface area contributed by atoms with Crippen molar-refractivity contribution >= 4 is 18.3 Å². The molecule has 0 bridgehead atoms. The number of piperazine rings is 1. The maximum atomic E-state index is 12.8. The molecule has 21 heavy (non-hydrogen) atoms. The number of likely N-dealkylation sites (N-methyl/N-ethyl adjacent to an activating group) is 2. The van der Waals surface area contributed by atoms with Gasteiger partial charge < -0.3 is 15.1 Å². The molecule has 1 saturated heterocycles. The predicted molar refractivity (Wildman–Crippen MR) is 89.3 cm³/mol. The molecule has 1 amide bonds. The standard InChI is InChI=1S/C16H25N3O.ClH/c1-13-12-18(3)10-11-19(13)16(20)15-7-5-4-6-14(15)8-9-17-2;/h4-7,13,17H,8-12H2,1-3H3;1H. The van der Waals surface area contributed by atoms with Gasteiger partial charge >= 0.3 is 0 Å². The predicted octanol–water partition coefficient (Wildman–Crippen LogP) is 1.65.